The van der Waals surface area contributed by atoms with Crippen molar-refractivity contribution in [1.29, 1.82) is 0 Å². The van der Waals surface area contributed by atoms with Gasteiger partial charge in [-0.1, -0.05) is 6.07 Å². The number of benzene rings is 2. The summed E-state index contributed by atoms with van der Waals surface area (Å²) in [7, 11) is -4.03. The smallest absolute Gasteiger partial charge is 0.246 e. The van der Waals surface area contributed by atoms with Crippen LogP contribution < -0.4 is 16.2 Å². The maximum atomic E-state index is 14.0. The maximum absolute atomic E-state index is 14.0. The predicted molar refractivity (Wildman–Crippen MR) is 115 cm³/mol. The van der Waals surface area contributed by atoms with Crippen molar-refractivity contribution < 1.29 is 21.9 Å². The Morgan fingerprint density at radius 3 is 2.50 bits per heavy atom. The standard InChI is InChI=1S/C20H22F2N6O3S/c21-13-4-5-17(14(22)12-13)32(29,30)28-8-6-27(7-9-28)10-11-31-16-3-1-2-15-18(16)19(23)26-20(24)25-15/h1-5,12H,6-11H2,(H4,23,24,25,26). The maximum Gasteiger partial charge on any atom is 0.246 e. The lowest BCUT2D eigenvalue weighted by molar-refractivity contribution is 0.159. The molecule has 0 unspecified atom stereocenters. The van der Waals surface area contributed by atoms with Gasteiger partial charge in [-0.3, -0.25) is 4.90 Å². The molecule has 0 radical (unpaired) electrons. The fraction of sp³-hybridized carbons (Fsp3) is 0.300. The molecule has 4 rings (SSSR count). The molecule has 3 aromatic rings. The van der Waals surface area contributed by atoms with Gasteiger partial charge in [-0.2, -0.15) is 9.29 Å². The highest BCUT2D eigenvalue weighted by Crippen LogP contribution is 2.29. The first-order chi connectivity index (χ1) is 15.3. The van der Waals surface area contributed by atoms with Crippen LogP contribution >= 0.6 is 0 Å². The second-order valence-electron chi connectivity index (χ2n) is 7.29. The average Bonchev–Trinajstić information content (AvgIpc) is 2.73. The Morgan fingerprint density at radius 2 is 1.78 bits per heavy atom. The second kappa shape index (κ2) is 8.81. The van der Waals surface area contributed by atoms with Gasteiger partial charge in [-0.15, -0.1) is 0 Å². The van der Waals surface area contributed by atoms with E-state index in [-0.39, 0.29) is 24.9 Å². The number of nitrogen functional groups attached to an aromatic ring is 2. The largest absolute Gasteiger partial charge is 0.491 e. The zero-order valence-electron chi connectivity index (χ0n) is 17.0. The van der Waals surface area contributed by atoms with Gasteiger partial charge in [0.15, 0.2) is 0 Å². The summed E-state index contributed by atoms with van der Waals surface area (Å²) in [5, 5.41) is 0.582. The average molecular weight is 464 g/mol. The number of ether oxygens (including phenoxy) is 1. The fourth-order valence-electron chi connectivity index (χ4n) is 3.62. The van der Waals surface area contributed by atoms with E-state index < -0.39 is 26.6 Å². The monoisotopic (exact) mass is 464 g/mol. The van der Waals surface area contributed by atoms with E-state index in [1.165, 1.54) is 4.31 Å². The Hall–Kier alpha value is -3.09. The molecule has 4 N–H and O–H groups in total. The van der Waals surface area contributed by atoms with Crippen molar-refractivity contribution >= 4 is 32.7 Å². The highest BCUT2D eigenvalue weighted by molar-refractivity contribution is 7.89. The molecule has 1 aliphatic heterocycles. The molecule has 32 heavy (non-hydrogen) atoms. The van der Waals surface area contributed by atoms with Crippen molar-refractivity contribution in [1.82, 2.24) is 19.2 Å². The molecule has 0 bridgehead atoms. The Balaban J connectivity index is 1.35. The Kier molecular flexibility index (Phi) is 6.09. The lowest BCUT2D eigenvalue weighted by atomic mass is 10.2. The van der Waals surface area contributed by atoms with Gasteiger partial charge in [-0.05, 0) is 24.3 Å². The molecular formula is C20H22F2N6O3S. The molecule has 0 amide bonds. The second-order valence-corrected chi connectivity index (χ2v) is 9.19. The molecule has 1 saturated heterocycles. The van der Waals surface area contributed by atoms with E-state index >= 15 is 0 Å². The molecule has 1 fully saturated rings. The summed E-state index contributed by atoms with van der Waals surface area (Å²) in [5.74, 6) is -1.07. The van der Waals surface area contributed by atoms with Crippen LogP contribution in [0.2, 0.25) is 0 Å². The third kappa shape index (κ3) is 4.42. The van der Waals surface area contributed by atoms with Crippen LogP contribution in [0.3, 0.4) is 0 Å². The summed E-state index contributed by atoms with van der Waals surface area (Å²) in [4.78, 5) is 9.64. The van der Waals surface area contributed by atoms with Crippen LogP contribution in [-0.2, 0) is 10.0 Å². The number of aromatic nitrogens is 2. The van der Waals surface area contributed by atoms with Gasteiger partial charge >= 0.3 is 0 Å². The van der Waals surface area contributed by atoms with Crippen LogP contribution in [0.4, 0.5) is 20.5 Å². The first-order valence-electron chi connectivity index (χ1n) is 9.88. The van der Waals surface area contributed by atoms with Gasteiger partial charge in [0, 0.05) is 38.8 Å². The van der Waals surface area contributed by atoms with Crippen molar-refractivity contribution in [3.63, 3.8) is 0 Å². The number of nitrogens with zero attached hydrogens (tertiary/aromatic N) is 4. The van der Waals surface area contributed by atoms with Gasteiger partial charge in [0.1, 0.15) is 34.7 Å². The Labute approximate surface area is 183 Å². The zero-order chi connectivity index (χ0) is 22.9. The highest BCUT2D eigenvalue weighted by atomic mass is 32.2. The first kappa shape index (κ1) is 22.1. The summed E-state index contributed by atoms with van der Waals surface area (Å²) in [5.41, 5.74) is 12.2. The minimum atomic E-state index is -4.03. The van der Waals surface area contributed by atoms with Crippen LogP contribution in [0.25, 0.3) is 10.9 Å². The molecule has 0 spiro atoms. The van der Waals surface area contributed by atoms with E-state index in [4.69, 9.17) is 16.2 Å². The van der Waals surface area contributed by atoms with Crippen LogP contribution in [-0.4, -0.2) is 66.9 Å². The molecule has 9 nitrogen and oxygen atoms in total. The van der Waals surface area contributed by atoms with Crippen molar-refractivity contribution in [3.8, 4) is 5.75 Å². The van der Waals surface area contributed by atoms with E-state index in [2.05, 4.69) is 9.97 Å². The SMILES string of the molecule is Nc1nc(N)c2c(OCCN3CCN(S(=O)(=O)c4ccc(F)cc4F)CC3)cccc2n1. The molecule has 0 atom stereocenters. The normalized spacial score (nSPS) is 15.8. The lowest BCUT2D eigenvalue weighted by Gasteiger charge is -2.33. The van der Waals surface area contributed by atoms with E-state index in [1.54, 1.807) is 18.2 Å². The highest BCUT2D eigenvalue weighted by Gasteiger charge is 2.30. The summed E-state index contributed by atoms with van der Waals surface area (Å²) in [6, 6.07) is 7.76. The molecule has 0 saturated carbocycles. The molecule has 12 heteroatoms. The summed E-state index contributed by atoms with van der Waals surface area (Å²) >= 11 is 0. The molecule has 170 valence electrons. The quantitative estimate of drug-likeness (QED) is 0.561. The van der Waals surface area contributed by atoms with Gasteiger partial charge < -0.3 is 16.2 Å². The Morgan fingerprint density at radius 1 is 1.03 bits per heavy atom. The fourth-order valence-corrected chi connectivity index (χ4v) is 5.09. The van der Waals surface area contributed by atoms with Crippen LogP contribution in [0.5, 0.6) is 5.75 Å². The summed E-state index contributed by atoms with van der Waals surface area (Å²) < 4.78 is 59.5. The number of anilines is 2. The molecule has 2 heterocycles. The number of sulfonamides is 1. The lowest BCUT2D eigenvalue weighted by Crippen LogP contribution is -2.49. The number of nitrogens with two attached hydrogens (primary N) is 2. The van der Waals surface area contributed by atoms with E-state index in [9.17, 15) is 17.2 Å². The van der Waals surface area contributed by atoms with Crippen LogP contribution in [0.1, 0.15) is 0 Å². The molecule has 0 aliphatic carbocycles. The van der Waals surface area contributed by atoms with Gasteiger partial charge in [0.2, 0.25) is 16.0 Å². The van der Waals surface area contributed by atoms with Crippen LogP contribution in [0, 0.1) is 11.6 Å². The summed E-state index contributed by atoms with van der Waals surface area (Å²) in [6.45, 7) is 2.15. The topological polar surface area (TPSA) is 128 Å². The first-order valence-corrected chi connectivity index (χ1v) is 11.3. The van der Waals surface area contributed by atoms with Crippen molar-refractivity contribution in [2.75, 3.05) is 50.8 Å². The van der Waals surface area contributed by atoms with Crippen molar-refractivity contribution in [2.24, 2.45) is 0 Å². The van der Waals surface area contributed by atoms with Crippen LogP contribution in [0.15, 0.2) is 41.3 Å². The van der Waals surface area contributed by atoms with Crippen molar-refractivity contribution in [2.45, 2.75) is 4.90 Å². The van der Waals surface area contributed by atoms with Crippen molar-refractivity contribution in [3.05, 3.63) is 48.0 Å². The third-order valence-electron chi connectivity index (χ3n) is 5.24. The van der Waals surface area contributed by atoms with E-state index in [0.717, 1.165) is 12.1 Å². The number of halogens is 2. The predicted octanol–water partition coefficient (Wildman–Crippen LogP) is 1.46. The van der Waals surface area contributed by atoms with E-state index in [0.29, 0.717) is 49.0 Å². The molecule has 1 aromatic heterocycles. The minimum Gasteiger partial charge on any atom is -0.491 e. The van der Waals surface area contributed by atoms with Gasteiger partial charge in [0.25, 0.3) is 0 Å². The van der Waals surface area contributed by atoms with E-state index in [1.807, 2.05) is 4.90 Å². The van der Waals surface area contributed by atoms with Gasteiger partial charge in [0.05, 0.1) is 10.9 Å². The zero-order valence-corrected chi connectivity index (χ0v) is 17.9. The molecule has 2 aromatic carbocycles. The molecular weight excluding hydrogens is 442 g/mol. The minimum absolute atomic E-state index is 0.0838. The summed E-state index contributed by atoms with van der Waals surface area (Å²) in [6.07, 6.45) is 0. The Bertz CT molecular complexity index is 1250. The number of fused-ring (bicyclic) bond motifs is 1. The number of hydrogen-bond donors (Lipinski definition) is 2. The number of piperazine rings is 1. The van der Waals surface area contributed by atoms with Gasteiger partial charge in [-0.25, -0.2) is 22.2 Å². The number of hydrogen-bond acceptors (Lipinski definition) is 8. The number of rotatable bonds is 6. The molecule has 1 aliphatic rings. The third-order valence-corrected chi connectivity index (χ3v) is 7.17.